The topological polar surface area (TPSA) is 50.8 Å². The van der Waals surface area contributed by atoms with Gasteiger partial charge in [-0.2, -0.15) is 0 Å². The summed E-state index contributed by atoms with van der Waals surface area (Å²) >= 11 is 0. The van der Waals surface area contributed by atoms with Gasteiger partial charge in [-0.1, -0.05) is 12.1 Å². The van der Waals surface area contributed by atoms with Crippen LogP contribution in [0.3, 0.4) is 0 Å². The zero-order valence-electron chi connectivity index (χ0n) is 12.9. The van der Waals surface area contributed by atoms with Crippen molar-refractivity contribution in [1.82, 2.24) is 10.2 Å². The van der Waals surface area contributed by atoms with Crippen molar-refractivity contribution in [2.45, 2.75) is 31.6 Å². The van der Waals surface area contributed by atoms with Crippen molar-refractivity contribution in [2.24, 2.45) is 0 Å². The van der Waals surface area contributed by atoms with Gasteiger partial charge in [-0.3, -0.25) is 4.90 Å². The monoisotopic (exact) mass is 302 g/mol. The smallest absolute Gasteiger partial charge is 0.338 e. The van der Waals surface area contributed by atoms with Crippen molar-refractivity contribution < 1.29 is 14.3 Å². The molecule has 118 valence electrons. The maximum absolute atomic E-state index is 11.9. The first-order valence-electron chi connectivity index (χ1n) is 8.11. The zero-order valence-corrected chi connectivity index (χ0v) is 12.9. The van der Waals surface area contributed by atoms with Crippen LogP contribution in [0.4, 0.5) is 0 Å². The van der Waals surface area contributed by atoms with Gasteiger partial charge in [0.25, 0.3) is 0 Å². The van der Waals surface area contributed by atoms with E-state index in [0.29, 0.717) is 11.6 Å². The van der Waals surface area contributed by atoms with Gasteiger partial charge in [0.2, 0.25) is 0 Å². The summed E-state index contributed by atoms with van der Waals surface area (Å²) in [7, 11) is 0. The lowest BCUT2D eigenvalue weighted by molar-refractivity contribution is -0.0718. The third-order valence-corrected chi connectivity index (χ3v) is 4.90. The SMILES string of the molecule is C[C@@H]1Cc2cc([C@@H]3CN4CCNC[C@@H]4CO3)ccc2C(=O)O1. The van der Waals surface area contributed by atoms with E-state index in [2.05, 4.69) is 16.3 Å². The van der Waals surface area contributed by atoms with Crippen LogP contribution in [0.1, 0.15) is 34.5 Å². The van der Waals surface area contributed by atoms with Gasteiger partial charge in [0, 0.05) is 38.6 Å². The van der Waals surface area contributed by atoms with Crippen LogP contribution in [-0.2, 0) is 15.9 Å². The molecular weight excluding hydrogens is 280 g/mol. The lowest BCUT2D eigenvalue weighted by Gasteiger charge is -2.42. The summed E-state index contributed by atoms with van der Waals surface area (Å²) < 4.78 is 11.4. The molecule has 1 aromatic rings. The Balaban J connectivity index is 1.56. The van der Waals surface area contributed by atoms with E-state index in [4.69, 9.17) is 9.47 Å². The number of hydrogen-bond acceptors (Lipinski definition) is 5. The third kappa shape index (κ3) is 2.53. The largest absolute Gasteiger partial charge is 0.459 e. The minimum atomic E-state index is -0.202. The Labute approximate surface area is 130 Å². The number of nitrogens with one attached hydrogen (secondary N) is 1. The predicted octanol–water partition coefficient (Wildman–Crippen LogP) is 1.13. The van der Waals surface area contributed by atoms with Crippen molar-refractivity contribution in [3.63, 3.8) is 0 Å². The molecule has 22 heavy (non-hydrogen) atoms. The van der Waals surface area contributed by atoms with Gasteiger partial charge < -0.3 is 14.8 Å². The van der Waals surface area contributed by atoms with Gasteiger partial charge in [0.15, 0.2) is 0 Å². The zero-order chi connectivity index (χ0) is 15.1. The van der Waals surface area contributed by atoms with Crippen LogP contribution in [0, 0.1) is 0 Å². The first kappa shape index (κ1) is 14.2. The van der Waals surface area contributed by atoms with Crippen LogP contribution in [0.15, 0.2) is 18.2 Å². The minimum Gasteiger partial charge on any atom is -0.459 e. The summed E-state index contributed by atoms with van der Waals surface area (Å²) in [6.45, 7) is 6.80. The maximum atomic E-state index is 11.9. The number of ether oxygens (including phenoxy) is 2. The molecule has 0 spiro atoms. The molecule has 5 heteroatoms. The number of piperazine rings is 1. The summed E-state index contributed by atoms with van der Waals surface area (Å²) in [6.07, 6.45) is 0.853. The number of carbonyl (C=O) groups is 1. The Morgan fingerprint density at radius 3 is 3.18 bits per heavy atom. The summed E-state index contributed by atoms with van der Waals surface area (Å²) in [6, 6.07) is 6.55. The van der Waals surface area contributed by atoms with E-state index in [-0.39, 0.29) is 18.2 Å². The Hall–Kier alpha value is -1.43. The lowest BCUT2D eigenvalue weighted by atomic mass is 9.94. The fraction of sp³-hybridized carbons (Fsp3) is 0.588. The lowest BCUT2D eigenvalue weighted by Crippen LogP contribution is -2.57. The van der Waals surface area contributed by atoms with Gasteiger partial charge >= 0.3 is 5.97 Å². The number of carbonyl (C=O) groups excluding carboxylic acids is 1. The summed E-state index contributed by atoms with van der Waals surface area (Å²) in [5.74, 6) is -0.202. The molecule has 0 amide bonds. The third-order valence-electron chi connectivity index (χ3n) is 4.90. The molecule has 1 aromatic carbocycles. The molecule has 2 fully saturated rings. The normalized spacial score (nSPS) is 32.0. The molecule has 0 aromatic heterocycles. The molecule has 0 aliphatic carbocycles. The second kappa shape index (κ2) is 5.65. The molecule has 1 N–H and O–H groups in total. The summed E-state index contributed by atoms with van der Waals surface area (Å²) in [5, 5.41) is 3.42. The average Bonchev–Trinajstić information content (AvgIpc) is 2.53. The average molecular weight is 302 g/mol. The standard InChI is InChI=1S/C17H22N2O3/c1-11-6-13-7-12(2-3-15(13)17(20)22-11)16-9-19-5-4-18-8-14(19)10-21-16/h2-3,7,11,14,16,18H,4-6,8-10H2,1H3/t11-,14-,16+/m1/s1. The first-order chi connectivity index (χ1) is 10.7. The van der Waals surface area contributed by atoms with E-state index in [0.717, 1.165) is 44.8 Å². The van der Waals surface area contributed by atoms with Gasteiger partial charge in [0.1, 0.15) is 6.10 Å². The van der Waals surface area contributed by atoms with Gasteiger partial charge in [-0.05, 0) is 24.1 Å². The first-order valence-corrected chi connectivity index (χ1v) is 8.11. The van der Waals surface area contributed by atoms with Gasteiger partial charge in [0.05, 0.1) is 18.3 Å². The molecule has 5 nitrogen and oxygen atoms in total. The predicted molar refractivity (Wildman–Crippen MR) is 81.9 cm³/mol. The van der Waals surface area contributed by atoms with Crippen LogP contribution >= 0.6 is 0 Å². The fourth-order valence-corrected chi connectivity index (χ4v) is 3.68. The number of cyclic esters (lactones) is 1. The van der Waals surface area contributed by atoms with Crippen LogP contribution in [0.25, 0.3) is 0 Å². The highest BCUT2D eigenvalue weighted by atomic mass is 16.5. The van der Waals surface area contributed by atoms with E-state index in [1.165, 1.54) is 5.56 Å². The highest BCUT2D eigenvalue weighted by Gasteiger charge is 2.32. The highest BCUT2D eigenvalue weighted by Crippen LogP contribution is 2.29. The molecule has 3 atom stereocenters. The van der Waals surface area contributed by atoms with Gasteiger partial charge in [-0.25, -0.2) is 4.79 Å². The number of morpholine rings is 1. The van der Waals surface area contributed by atoms with Crippen LogP contribution in [0.2, 0.25) is 0 Å². The number of fused-ring (bicyclic) bond motifs is 2. The van der Waals surface area contributed by atoms with Crippen molar-refractivity contribution in [3.8, 4) is 0 Å². The Kier molecular flexibility index (Phi) is 3.64. The number of benzene rings is 1. The minimum absolute atomic E-state index is 0.0416. The van der Waals surface area contributed by atoms with E-state index < -0.39 is 0 Å². The fourth-order valence-electron chi connectivity index (χ4n) is 3.68. The number of hydrogen-bond donors (Lipinski definition) is 1. The van der Waals surface area contributed by atoms with E-state index in [1.54, 1.807) is 0 Å². The van der Waals surface area contributed by atoms with Crippen molar-refractivity contribution in [1.29, 1.82) is 0 Å². The quantitative estimate of drug-likeness (QED) is 0.788. The molecule has 2 saturated heterocycles. The van der Waals surface area contributed by atoms with Crippen molar-refractivity contribution >= 4 is 5.97 Å². The molecule has 3 aliphatic heterocycles. The Morgan fingerprint density at radius 1 is 1.36 bits per heavy atom. The van der Waals surface area contributed by atoms with Crippen LogP contribution in [0.5, 0.6) is 0 Å². The van der Waals surface area contributed by atoms with Crippen LogP contribution < -0.4 is 5.32 Å². The molecule has 0 radical (unpaired) electrons. The molecule has 0 unspecified atom stereocenters. The van der Waals surface area contributed by atoms with Crippen molar-refractivity contribution in [3.05, 3.63) is 34.9 Å². The molecule has 0 saturated carbocycles. The van der Waals surface area contributed by atoms with Gasteiger partial charge in [-0.15, -0.1) is 0 Å². The second-order valence-electron chi connectivity index (χ2n) is 6.51. The Bertz CT molecular complexity index is 589. The second-order valence-corrected chi connectivity index (χ2v) is 6.51. The highest BCUT2D eigenvalue weighted by molar-refractivity contribution is 5.92. The van der Waals surface area contributed by atoms with E-state index in [9.17, 15) is 4.79 Å². The molecule has 3 aliphatic rings. The number of nitrogens with zero attached hydrogens (tertiary/aromatic N) is 1. The molecule has 4 rings (SSSR count). The van der Waals surface area contributed by atoms with E-state index in [1.807, 2.05) is 19.1 Å². The molecule has 0 bridgehead atoms. The maximum Gasteiger partial charge on any atom is 0.338 e. The molecule has 3 heterocycles. The summed E-state index contributed by atoms with van der Waals surface area (Å²) in [5.41, 5.74) is 2.97. The van der Waals surface area contributed by atoms with Crippen molar-refractivity contribution in [2.75, 3.05) is 32.8 Å². The summed E-state index contributed by atoms with van der Waals surface area (Å²) in [4.78, 5) is 14.4. The molecular formula is C17H22N2O3. The Morgan fingerprint density at radius 2 is 2.27 bits per heavy atom. The number of esters is 1. The number of rotatable bonds is 1. The van der Waals surface area contributed by atoms with Crippen LogP contribution in [-0.4, -0.2) is 55.8 Å². The van der Waals surface area contributed by atoms with E-state index >= 15 is 0 Å².